The lowest BCUT2D eigenvalue weighted by atomic mass is 10.2. The molecule has 2 aromatic rings. The van der Waals surface area contributed by atoms with Crippen molar-refractivity contribution in [1.29, 1.82) is 0 Å². The van der Waals surface area contributed by atoms with Crippen LogP contribution in [0.2, 0.25) is 0 Å². The van der Waals surface area contributed by atoms with E-state index >= 15 is 0 Å². The van der Waals surface area contributed by atoms with Crippen molar-refractivity contribution in [2.24, 2.45) is 0 Å². The van der Waals surface area contributed by atoms with Crippen LogP contribution in [0.15, 0.2) is 48.5 Å². The number of anilines is 1. The highest BCUT2D eigenvalue weighted by atomic mass is 16.5. The second-order valence-corrected chi connectivity index (χ2v) is 5.25. The van der Waals surface area contributed by atoms with E-state index in [1.807, 2.05) is 62.4 Å². The van der Waals surface area contributed by atoms with Gasteiger partial charge in [-0.25, -0.2) is 0 Å². The zero-order chi connectivity index (χ0) is 16.5. The number of ether oxygens (including phenoxy) is 2. The monoisotopic (exact) mass is 313 g/mol. The second kappa shape index (κ2) is 8.83. The molecule has 0 fully saturated rings. The molecule has 23 heavy (non-hydrogen) atoms. The van der Waals surface area contributed by atoms with Gasteiger partial charge in [-0.2, -0.15) is 0 Å². The van der Waals surface area contributed by atoms with Gasteiger partial charge in [0.1, 0.15) is 0 Å². The smallest absolute Gasteiger partial charge is 0.224 e. The van der Waals surface area contributed by atoms with Crippen molar-refractivity contribution in [2.75, 3.05) is 18.5 Å². The van der Waals surface area contributed by atoms with E-state index in [0.29, 0.717) is 31.8 Å². The van der Waals surface area contributed by atoms with Crippen molar-refractivity contribution in [3.8, 4) is 11.5 Å². The van der Waals surface area contributed by atoms with Gasteiger partial charge in [0.25, 0.3) is 0 Å². The third-order valence-corrected chi connectivity index (χ3v) is 3.26. The molecule has 1 N–H and O–H groups in total. The maximum absolute atomic E-state index is 11.9. The van der Waals surface area contributed by atoms with Gasteiger partial charge in [0, 0.05) is 12.1 Å². The maximum Gasteiger partial charge on any atom is 0.224 e. The molecule has 2 aromatic carbocycles. The Hall–Kier alpha value is -2.49. The molecule has 122 valence electrons. The number of para-hydroxylation sites is 2. The molecule has 0 saturated carbocycles. The molecule has 0 aliphatic rings. The standard InChI is InChI=1S/C19H23NO3/c1-3-22-17-10-4-5-11-18(17)23-13-7-12-19(21)20-16-9-6-8-15(2)14-16/h4-6,8-11,14H,3,7,12-13H2,1-2H3,(H,20,21). The number of amides is 1. The first-order valence-electron chi connectivity index (χ1n) is 7.90. The number of benzene rings is 2. The fraction of sp³-hybridized carbons (Fsp3) is 0.316. The molecule has 0 aromatic heterocycles. The van der Waals surface area contributed by atoms with Gasteiger partial charge in [-0.05, 0) is 50.1 Å². The van der Waals surface area contributed by atoms with Crippen LogP contribution in [0, 0.1) is 6.92 Å². The summed E-state index contributed by atoms with van der Waals surface area (Å²) in [5, 5.41) is 2.89. The molecule has 0 heterocycles. The molecule has 0 radical (unpaired) electrons. The van der Waals surface area contributed by atoms with Gasteiger partial charge >= 0.3 is 0 Å². The molecular formula is C19H23NO3. The van der Waals surface area contributed by atoms with Crippen LogP contribution in [-0.4, -0.2) is 19.1 Å². The Balaban J connectivity index is 1.74. The predicted molar refractivity (Wildman–Crippen MR) is 92.1 cm³/mol. The SMILES string of the molecule is CCOc1ccccc1OCCCC(=O)Nc1cccc(C)c1. The minimum atomic E-state index is -0.00251. The van der Waals surface area contributed by atoms with Gasteiger partial charge in [-0.1, -0.05) is 24.3 Å². The number of hydrogen-bond donors (Lipinski definition) is 1. The Morgan fingerprint density at radius 3 is 2.48 bits per heavy atom. The van der Waals surface area contributed by atoms with Gasteiger partial charge < -0.3 is 14.8 Å². The number of carbonyl (C=O) groups excluding carboxylic acids is 1. The van der Waals surface area contributed by atoms with Gasteiger partial charge in [-0.3, -0.25) is 4.79 Å². The van der Waals surface area contributed by atoms with E-state index in [-0.39, 0.29) is 5.91 Å². The van der Waals surface area contributed by atoms with Crippen molar-refractivity contribution in [3.63, 3.8) is 0 Å². The second-order valence-electron chi connectivity index (χ2n) is 5.25. The molecule has 0 bridgehead atoms. The molecule has 2 rings (SSSR count). The van der Waals surface area contributed by atoms with Gasteiger partial charge in [0.05, 0.1) is 13.2 Å². The fourth-order valence-corrected chi connectivity index (χ4v) is 2.21. The molecule has 4 nitrogen and oxygen atoms in total. The van der Waals surface area contributed by atoms with Crippen molar-refractivity contribution >= 4 is 11.6 Å². The van der Waals surface area contributed by atoms with Gasteiger partial charge in [0.2, 0.25) is 5.91 Å². The summed E-state index contributed by atoms with van der Waals surface area (Å²) in [6.45, 7) is 5.01. The number of nitrogens with one attached hydrogen (secondary N) is 1. The normalized spacial score (nSPS) is 10.2. The summed E-state index contributed by atoms with van der Waals surface area (Å²) in [4.78, 5) is 11.9. The van der Waals surface area contributed by atoms with Crippen molar-refractivity contribution in [1.82, 2.24) is 0 Å². The highest BCUT2D eigenvalue weighted by Crippen LogP contribution is 2.26. The highest BCUT2D eigenvalue weighted by molar-refractivity contribution is 5.90. The Morgan fingerprint density at radius 1 is 1.04 bits per heavy atom. The van der Waals surface area contributed by atoms with E-state index < -0.39 is 0 Å². The zero-order valence-electron chi connectivity index (χ0n) is 13.7. The third kappa shape index (κ3) is 5.66. The lowest BCUT2D eigenvalue weighted by Gasteiger charge is -2.11. The molecule has 1 amide bonds. The summed E-state index contributed by atoms with van der Waals surface area (Å²) in [7, 11) is 0. The quantitative estimate of drug-likeness (QED) is 0.743. The molecule has 0 atom stereocenters. The van der Waals surface area contributed by atoms with E-state index in [2.05, 4.69) is 5.32 Å². The van der Waals surface area contributed by atoms with Crippen molar-refractivity contribution in [2.45, 2.75) is 26.7 Å². The van der Waals surface area contributed by atoms with E-state index in [4.69, 9.17) is 9.47 Å². The van der Waals surface area contributed by atoms with Crippen LogP contribution in [0.1, 0.15) is 25.3 Å². The summed E-state index contributed by atoms with van der Waals surface area (Å²) in [5.41, 5.74) is 1.95. The van der Waals surface area contributed by atoms with Crippen LogP contribution in [0.4, 0.5) is 5.69 Å². The predicted octanol–water partition coefficient (Wildman–Crippen LogP) is 4.19. The average Bonchev–Trinajstić information content (AvgIpc) is 2.53. The lowest BCUT2D eigenvalue weighted by molar-refractivity contribution is -0.116. The summed E-state index contributed by atoms with van der Waals surface area (Å²) in [5.74, 6) is 1.45. The van der Waals surface area contributed by atoms with Crippen LogP contribution in [0.25, 0.3) is 0 Å². The molecule has 0 aliphatic carbocycles. The number of aryl methyl sites for hydroxylation is 1. The first-order valence-corrected chi connectivity index (χ1v) is 7.90. The van der Waals surface area contributed by atoms with Crippen LogP contribution in [-0.2, 0) is 4.79 Å². The molecule has 0 saturated heterocycles. The van der Waals surface area contributed by atoms with E-state index in [0.717, 1.165) is 17.0 Å². The number of rotatable bonds is 8. The minimum absolute atomic E-state index is 0.00251. The van der Waals surface area contributed by atoms with Crippen LogP contribution in [0.5, 0.6) is 11.5 Å². The average molecular weight is 313 g/mol. The molecule has 4 heteroatoms. The summed E-state index contributed by atoms with van der Waals surface area (Å²) in [6, 6.07) is 15.3. The Kier molecular flexibility index (Phi) is 6.48. The van der Waals surface area contributed by atoms with Gasteiger partial charge in [-0.15, -0.1) is 0 Å². The Bertz CT molecular complexity index is 640. The highest BCUT2D eigenvalue weighted by Gasteiger charge is 2.05. The molecular weight excluding hydrogens is 290 g/mol. The summed E-state index contributed by atoms with van der Waals surface area (Å²) >= 11 is 0. The van der Waals surface area contributed by atoms with E-state index in [1.54, 1.807) is 0 Å². The third-order valence-electron chi connectivity index (χ3n) is 3.26. The molecule has 0 aliphatic heterocycles. The Labute approximate surface area is 137 Å². The summed E-state index contributed by atoms with van der Waals surface area (Å²) in [6.07, 6.45) is 1.07. The van der Waals surface area contributed by atoms with Crippen LogP contribution in [0.3, 0.4) is 0 Å². The van der Waals surface area contributed by atoms with Crippen LogP contribution < -0.4 is 14.8 Å². The number of carbonyl (C=O) groups is 1. The first kappa shape index (κ1) is 16.9. The number of hydrogen-bond acceptors (Lipinski definition) is 3. The molecule has 0 unspecified atom stereocenters. The molecule has 0 spiro atoms. The first-order chi connectivity index (χ1) is 11.2. The zero-order valence-corrected chi connectivity index (χ0v) is 13.7. The maximum atomic E-state index is 11.9. The van der Waals surface area contributed by atoms with Crippen molar-refractivity contribution in [3.05, 3.63) is 54.1 Å². The Morgan fingerprint density at radius 2 is 1.78 bits per heavy atom. The minimum Gasteiger partial charge on any atom is -0.490 e. The summed E-state index contributed by atoms with van der Waals surface area (Å²) < 4.78 is 11.2. The van der Waals surface area contributed by atoms with Crippen molar-refractivity contribution < 1.29 is 14.3 Å². The largest absolute Gasteiger partial charge is 0.490 e. The topological polar surface area (TPSA) is 47.6 Å². The fourth-order valence-electron chi connectivity index (χ4n) is 2.21. The van der Waals surface area contributed by atoms with Gasteiger partial charge in [0.15, 0.2) is 11.5 Å². The van der Waals surface area contributed by atoms with Crippen LogP contribution >= 0.6 is 0 Å². The lowest BCUT2D eigenvalue weighted by Crippen LogP contribution is -2.13. The van der Waals surface area contributed by atoms with E-state index in [9.17, 15) is 4.79 Å². The van der Waals surface area contributed by atoms with E-state index in [1.165, 1.54) is 0 Å².